The molecule has 2 rings (SSSR count). The second-order valence-corrected chi connectivity index (χ2v) is 5.70. The molecule has 0 aliphatic carbocycles. The molecule has 2 nitrogen and oxygen atoms in total. The Bertz CT molecular complexity index is 417. The molecule has 1 aliphatic heterocycles. The third kappa shape index (κ3) is 2.83. The smallest absolute Gasteiger partial charge is 0.128 e. The average Bonchev–Trinajstić information content (AvgIpc) is 2.27. The number of ether oxygens (including phenoxy) is 1. The zero-order valence-electron chi connectivity index (χ0n) is 11.2. The van der Waals surface area contributed by atoms with Gasteiger partial charge >= 0.3 is 0 Å². The highest BCUT2D eigenvalue weighted by Gasteiger charge is 2.30. The largest absolute Gasteiger partial charge is 0.490 e. The van der Waals surface area contributed by atoms with Crippen molar-refractivity contribution in [3.63, 3.8) is 0 Å². The van der Waals surface area contributed by atoms with E-state index in [2.05, 4.69) is 20.8 Å². The Kier molecular flexibility index (Phi) is 3.91. The van der Waals surface area contributed by atoms with E-state index in [9.17, 15) is 9.50 Å². The van der Waals surface area contributed by atoms with Gasteiger partial charge in [0.1, 0.15) is 17.7 Å². The number of fused-ring (bicyclic) bond motifs is 1. The maximum absolute atomic E-state index is 13.2. The molecule has 0 aromatic heterocycles. The highest BCUT2D eigenvalue weighted by atomic mass is 19.1. The predicted octanol–water partition coefficient (Wildman–Crippen LogP) is 3.69. The summed E-state index contributed by atoms with van der Waals surface area (Å²) < 4.78 is 19.0. The number of benzene rings is 1. The first kappa shape index (κ1) is 13.3. The third-order valence-electron chi connectivity index (χ3n) is 3.55. The highest BCUT2D eigenvalue weighted by molar-refractivity contribution is 5.37. The molecule has 0 spiro atoms. The Balaban J connectivity index is 2.16. The number of hydrogen-bond acceptors (Lipinski definition) is 2. The van der Waals surface area contributed by atoms with Crippen LogP contribution in [0.5, 0.6) is 5.75 Å². The van der Waals surface area contributed by atoms with Gasteiger partial charge in [0, 0.05) is 18.1 Å². The summed E-state index contributed by atoms with van der Waals surface area (Å²) in [4.78, 5) is 0. The zero-order chi connectivity index (χ0) is 13.3. The van der Waals surface area contributed by atoms with Crippen LogP contribution in [-0.2, 0) is 0 Å². The van der Waals surface area contributed by atoms with Crippen molar-refractivity contribution < 1.29 is 14.2 Å². The van der Waals surface area contributed by atoms with Crippen molar-refractivity contribution in [3.8, 4) is 5.75 Å². The lowest BCUT2D eigenvalue weighted by Gasteiger charge is -2.33. The molecule has 0 saturated heterocycles. The molecule has 2 unspecified atom stereocenters. The van der Waals surface area contributed by atoms with Crippen LogP contribution in [0.2, 0.25) is 0 Å². The number of rotatable bonds is 3. The molecule has 3 atom stereocenters. The number of hydrogen-bond donors (Lipinski definition) is 1. The van der Waals surface area contributed by atoms with Gasteiger partial charge < -0.3 is 9.84 Å². The Morgan fingerprint density at radius 1 is 1.39 bits per heavy atom. The van der Waals surface area contributed by atoms with Crippen molar-refractivity contribution in [3.05, 3.63) is 29.6 Å². The SMILES string of the molecule is CC(C)CC(C)C1C[C@@H](O)c2ccc(F)cc2O1. The fraction of sp³-hybridized carbons (Fsp3) is 0.600. The maximum atomic E-state index is 13.2. The lowest BCUT2D eigenvalue weighted by molar-refractivity contribution is 0.0329. The first-order valence-electron chi connectivity index (χ1n) is 6.61. The van der Waals surface area contributed by atoms with Gasteiger partial charge in [0.2, 0.25) is 0 Å². The van der Waals surface area contributed by atoms with Crippen molar-refractivity contribution >= 4 is 0 Å². The van der Waals surface area contributed by atoms with Crippen LogP contribution in [0.15, 0.2) is 18.2 Å². The quantitative estimate of drug-likeness (QED) is 0.889. The first-order chi connectivity index (χ1) is 8.47. The first-order valence-corrected chi connectivity index (χ1v) is 6.61. The van der Waals surface area contributed by atoms with Gasteiger partial charge in [-0.2, -0.15) is 0 Å². The van der Waals surface area contributed by atoms with E-state index in [4.69, 9.17) is 4.74 Å². The molecule has 0 amide bonds. The molecule has 0 radical (unpaired) electrons. The number of aliphatic hydroxyl groups excluding tert-OH is 1. The molecule has 1 aromatic rings. The summed E-state index contributed by atoms with van der Waals surface area (Å²) in [5.74, 6) is 1.12. The summed E-state index contributed by atoms with van der Waals surface area (Å²) in [7, 11) is 0. The van der Waals surface area contributed by atoms with Crippen LogP contribution in [0.4, 0.5) is 4.39 Å². The molecule has 18 heavy (non-hydrogen) atoms. The summed E-state index contributed by atoms with van der Waals surface area (Å²) in [6.07, 6.45) is 1.06. The number of aliphatic hydroxyl groups is 1. The normalized spacial score (nSPS) is 24.6. The van der Waals surface area contributed by atoms with Gasteiger partial charge in [0.15, 0.2) is 0 Å². The Morgan fingerprint density at radius 3 is 2.78 bits per heavy atom. The van der Waals surface area contributed by atoms with Crippen LogP contribution in [0.25, 0.3) is 0 Å². The van der Waals surface area contributed by atoms with E-state index in [0.717, 1.165) is 6.42 Å². The summed E-state index contributed by atoms with van der Waals surface area (Å²) >= 11 is 0. The second kappa shape index (κ2) is 5.27. The van der Waals surface area contributed by atoms with Crippen LogP contribution in [0, 0.1) is 17.7 Å². The monoisotopic (exact) mass is 252 g/mol. The maximum Gasteiger partial charge on any atom is 0.128 e. The summed E-state index contributed by atoms with van der Waals surface area (Å²) in [6.45, 7) is 6.47. The molecule has 0 saturated carbocycles. The molecular formula is C15H21FO2. The topological polar surface area (TPSA) is 29.5 Å². The molecule has 1 aromatic carbocycles. The molecular weight excluding hydrogens is 231 g/mol. The Labute approximate surface area is 108 Å². The standard InChI is InChI=1S/C15H21FO2/c1-9(2)6-10(3)14-8-13(17)12-5-4-11(16)7-15(12)18-14/h4-5,7,9-10,13-14,17H,6,8H2,1-3H3/t10?,13-,14?/m1/s1. The van der Waals surface area contributed by atoms with Crippen LogP contribution >= 0.6 is 0 Å². The minimum absolute atomic E-state index is 0.0308. The van der Waals surface area contributed by atoms with Gasteiger partial charge in [0.25, 0.3) is 0 Å². The average molecular weight is 252 g/mol. The molecule has 3 heteroatoms. The third-order valence-corrected chi connectivity index (χ3v) is 3.55. The summed E-state index contributed by atoms with van der Waals surface area (Å²) in [5.41, 5.74) is 0.699. The van der Waals surface area contributed by atoms with Crippen molar-refractivity contribution in [1.29, 1.82) is 0 Å². The van der Waals surface area contributed by atoms with Gasteiger partial charge in [-0.3, -0.25) is 0 Å². The number of halogens is 1. The van der Waals surface area contributed by atoms with E-state index in [1.54, 1.807) is 6.07 Å². The predicted molar refractivity (Wildman–Crippen MR) is 69.0 cm³/mol. The molecule has 1 heterocycles. The molecule has 1 aliphatic rings. The van der Waals surface area contributed by atoms with Crippen LogP contribution < -0.4 is 4.74 Å². The van der Waals surface area contributed by atoms with E-state index >= 15 is 0 Å². The van der Waals surface area contributed by atoms with Crippen molar-refractivity contribution in [2.75, 3.05) is 0 Å². The fourth-order valence-electron chi connectivity index (χ4n) is 2.69. The minimum atomic E-state index is -0.547. The van der Waals surface area contributed by atoms with Gasteiger partial charge in [-0.1, -0.05) is 20.8 Å². The van der Waals surface area contributed by atoms with Crippen LogP contribution in [0.1, 0.15) is 45.3 Å². The molecule has 0 bridgehead atoms. The van der Waals surface area contributed by atoms with Crippen molar-refractivity contribution in [2.45, 2.75) is 45.8 Å². The summed E-state index contributed by atoms with van der Waals surface area (Å²) in [5, 5.41) is 10.1. The zero-order valence-corrected chi connectivity index (χ0v) is 11.2. The Hall–Kier alpha value is -1.09. The van der Waals surface area contributed by atoms with E-state index in [1.807, 2.05) is 0 Å². The lowest BCUT2D eigenvalue weighted by Crippen LogP contribution is -2.32. The van der Waals surface area contributed by atoms with Crippen LogP contribution in [0.3, 0.4) is 0 Å². The van der Waals surface area contributed by atoms with Crippen molar-refractivity contribution in [1.82, 2.24) is 0 Å². The fourth-order valence-corrected chi connectivity index (χ4v) is 2.69. The minimum Gasteiger partial charge on any atom is -0.490 e. The Morgan fingerprint density at radius 2 is 2.11 bits per heavy atom. The van der Waals surface area contributed by atoms with Gasteiger partial charge in [-0.25, -0.2) is 4.39 Å². The van der Waals surface area contributed by atoms with Gasteiger partial charge in [-0.15, -0.1) is 0 Å². The van der Waals surface area contributed by atoms with E-state index in [1.165, 1.54) is 12.1 Å². The van der Waals surface area contributed by atoms with E-state index in [0.29, 0.717) is 29.6 Å². The van der Waals surface area contributed by atoms with Crippen molar-refractivity contribution in [2.24, 2.45) is 11.8 Å². The van der Waals surface area contributed by atoms with Crippen LogP contribution in [-0.4, -0.2) is 11.2 Å². The lowest BCUT2D eigenvalue weighted by atomic mass is 9.87. The second-order valence-electron chi connectivity index (χ2n) is 5.70. The molecule has 0 fully saturated rings. The molecule has 100 valence electrons. The van der Waals surface area contributed by atoms with Gasteiger partial charge in [-0.05, 0) is 30.4 Å². The summed E-state index contributed by atoms with van der Waals surface area (Å²) in [6, 6.07) is 4.34. The van der Waals surface area contributed by atoms with Gasteiger partial charge in [0.05, 0.1) is 6.10 Å². The van der Waals surface area contributed by atoms with E-state index < -0.39 is 6.10 Å². The van der Waals surface area contributed by atoms with E-state index in [-0.39, 0.29) is 11.9 Å². The highest BCUT2D eigenvalue weighted by Crippen LogP contribution is 2.38. The molecule has 1 N–H and O–H groups in total.